The Kier molecular flexibility index (Phi) is 6.84. The van der Waals surface area contributed by atoms with Crippen LogP contribution in [0.3, 0.4) is 0 Å². The first-order valence-electron chi connectivity index (χ1n) is 6.96. The SMILES string of the molecule is CCOC(CC)C(NN)c1ccc(OC(C)C)cc1. The van der Waals surface area contributed by atoms with E-state index in [1.165, 1.54) is 0 Å². The van der Waals surface area contributed by atoms with Gasteiger partial charge in [-0.25, -0.2) is 0 Å². The number of nitrogens with one attached hydrogen (secondary N) is 1. The molecule has 0 aliphatic heterocycles. The maximum absolute atomic E-state index is 5.72. The summed E-state index contributed by atoms with van der Waals surface area (Å²) in [5, 5.41) is 0. The van der Waals surface area contributed by atoms with Crippen molar-refractivity contribution in [1.29, 1.82) is 0 Å². The second-order valence-corrected chi connectivity index (χ2v) is 4.78. The summed E-state index contributed by atoms with van der Waals surface area (Å²) in [6.07, 6.45) is 1.17. The minimum Gasteiger partial charge on any atom is -0.491 e. The van der Waals surface area contributed by atoms with Gasteiger partial charge in [-0.1, -0.05) is 19.1 Å². The van der Waals surface area contributed by atoms with Crippen molar-refractivity contribution in [2.45, 2.75) is 52.4 Å². The van der Waals surface area contributed by atoms with E-state index < -0.39 is 0 Å². The monoisotopic (exact) mass is 266 g/mol. The molecule has 0 heterocycles. The first-order valence-corrected chi connectivity index (χ1v) is 6.96. The molecule has 0 saturated heterocycles. The van der Waals surface area contributed by atoms with Crippen LogP contribution in [0.5, 0.6) is 5.75 Å². The summed E-state index contributed by atoms with van der Waals surface area (Å²) in [6, 6.07) is 8.00. The Balaban J connectivity index is 2.80. The van der Waals surface area contributed by atoms with Crippen molar-refractivity contribution >= 4 is 0 Å². The van der Waals surface area contributed by atoms with Crippen LogP contribution in [0.25, 0.3) is 0 Å². The van der Waals surface area contributed by atoms with Crippen LogP contribution >= 0.6 is 0 Å². The van der Waals surface area contributed by atoms with Gasteiger partial charge in [0, 0.05) is 6.61 Å². The Labute approximate surface area is 116 Å². The Hall–Kier alpha value is -1.10. The molecule has 4 heteroatoms. The van der Waals surface area contributed by atoms with E-state index in [0.717, 1.165) is 17.7 Å². The minimum atomic E-state index is -0.00181. The fourth-order valence-electron chi connectivity index (χ4n) is 2.11. The molecule has 0 aliphatic carbocycles. The predicted octanol–water partition coefficient (Wildman–Crippen LogP) is 2.79. The van der Waals surface area contributed by atoms with Crippen molar-refractivity contribution in [3.8, 4) is 5.75 Å². The molecule has 19 heavy (non-hydrogen) atoms. The van der Waals surface area contributed by atoms with Crippen LogP contribution < -0.4 is 16.0 Å². The number of ether oxygens (including phenoxy) is 2. The molecule has 1 rings (SSSR count). The molecule has 0 fully saturated rings. The summed E-state index contributed by atoms with van der Waals surface area (Å²) < 4.78 is 11.4. The van der Waals surface area contributed by atoms with Gasteiger partial charge in [0.05, 0.1) is 18.2 Å². The topological polar surface area (TPSA) is 56.5 Å². The largest absolute Gasteiger partial charge is 0.491 e. The Morgan fingerprint density at radius 1 is 1.16 bits per heavy atom. The quantitative estimate of drug-likeness (QED) is 0.561. The molecule has 1 aromatic rings. The van der Waals surface area contributed by atoms with Crippen molar-refractivity contribution in [3.63, 3.8) is 0 Å². The molecule has 1 aromatic carbocycles. The highest BCUT2D eigenvalue weighted by molar-refractivity contribution is 5.29. The van der Waals surface area contributed by atoms with Gasteiger partial charge in [0.2, 0.25) is 0 Å². The third kappa shape index (κ3) is 4.82. The van der Waals surface area contributed by atoms with Crippen molar-refractivity contribution < 1.29 is 9.47 Å². The summed E-state index contributed by atoms with van der Waals surface area (Å²) in [6.45, 7) is 8.81. The fraction of sp³-hybridized carbons (Fsp3) is 0.600. The number of hydrazine groups is 1. The van der Waals surface area contributed by atoms with E-state index in [2.05, 4.69) is 12.3 Å². The number of rotatable bonds is 8. The molecule has 4 nitrogen and oxygen atoms in total. The molecule has 0 radical (unpaired) electrons. The maximum atomic E-state index is 5.72. The Morgan fingerprint density at radius 2 is 1.79 bits per heavy atom. The molecular weight excluding hydrogens is 240 g/mol. The van der Waals surface area contributed by atoms with E-state index >= 15 is 0 Å². The van der Waals surface area contributed by atoms with E-state index in [-0.39, 0.29) is 18.2 Å². The van der Waals surface area contributed by atoms with Crippen LogP contribution in [0, 0.1) is 0 Å². The summed E-state index contributed by atoms with van der Waals surface area (Å²) >= 11 is 0. The molecule has 0 amide bonds. The first kappa shape index (κ1) is 16.0. The standard InChI is InChI=1S/C15H26N2O2/c1-5-14(18-6-2)15(17-16)12-7-9-13(10-8-12)19-11(3)4/h7-11,14-15,17H,5-6,16H2,1-4H3. The van der Waals surface area contributed by atoms with Gasteiger partial charge in [-0.05, 0) is 44.9 Å². The summed E-state index contributed by atoms with van der Waals surface area (Å²) in [5.74, 6) is 6.54. The lowest BCUT2D eigenvalue weighted by atomic mass is 10.00. The highest BCUT2D eigenvalue weighted by Gasteiger charge is 2.20. The fourth-order valence-corrected chi connectivity index (χ4v) is 2.11. The average molecular weight is 266 g/mol. The first-order chi connectivity index (χ1) is 9.12. The van der Waals surface area contributed by atoms with Crippen LogP contribution in [0.4, 0.5) is 0 Å². The summed E-state index contributed by atoms with van der Waals surface area (Å²) in [4.78, 5) is 0. The molecule has 0 aliphatic rings. The molecule has 0 spiro atoms. The van der Waals surface area contributed by atoms with Gasteiger partial charge < -0.3 is 9.47 Å². The lowest BCUT2D eigenvalue weighted by Crippen LogP contribution is -2.37. The summed E-state index contributed by atoms with van der Waals surface area (Å²) in [7, 11) is 0. The second kappa shape index (κ2) is 8.15. The van der Waals surface area contributed by atoms with Crippen LogP contribution in [0.1, 0.15) is 45.7 Å². The lowest BCUT2D eigenvalue weighted by Gasteiger charge is -2.26. The second-order valence-electron chi connectivity index (χ2n) is 4.78. The third-order valence-electron chi connectivity index (χ3n) is 2.95. The van der Waals surface area contributed by atoms with Gasteiger partial charge in [-0.3, -0.25) is 11.3 Å². The van der Waals surface area contributed by atoms with Crippen LogP contribution in [-0.4, -0.2) is 18.8 Å². The number of hydrogen-bond acceptors (Lipinski definition) is 4. The number of hydrogen-bond donors (Lipinski definition) is 2. The molecule has 108 valence electrons. The van der Waals surface area contributed by atoms with E-state index in [4.69, 9.17) is 15.3 Å². The highest BCUT2D eigenvalue weighted by Crippen LogP contribution is 2.23. The summed E-state index contributed by atoms with van der Waals surface area (Å²) in [5.41, 5.74) is 3.96. The van der Waals surface area contributed by atoms with Crippen molar-refractivity contribution in [2.24, 2.45) is 5.84 Å². The minimum absolute atomic E-state index is 0.00181. The molecule has 0 saturated carbocycles. The maximum Gasteiger partial charge on any atom is 0.119 e. The Morgan fingerprint density at radius 3 is 2.21 bits per heavy atom. The van der Waals surface area contributed by atoms with Gasteiger partial charge in [0.25, 0.3) is 0 Å². The number of benzene rings is 1. The average Bonchev–Trinajstić information content (AvgIpc) is 2.39. The normalized spacial score (nSPS) is 14.4. The van der Waals surface area contributed by atoms with Crippen LogP contribution in [0.2, 0.25) is 0 Å². The number of nitrogens with two attached hydrogens (primary N) is 1. The smallest absolute Gasteiger partial charge is 0.119 e. The van der Waals surface area contributed by atoms with E-state index in [0.29, 0.717) is 6.61 Å². The van der Waals surface area contributed by atoms with Gasteiger partial charge >= 0.3 is 0 Å². The molecule has 2 unspecified atom stereocenters. The van der Waals surface area contributed by atoms with E-state index in [1.807, 2.05) is 45.0 Å². The van der Waals surface area contributed by atoms with E-state index in [1.54, 1.807) is 0 Å². The predicted molar refractivity (Wildman–Crippen MR) is 78.0 cm³/mol. The van der Waals surface area contributed by atoms with Crippen LogP contribution in [0.15, 0.2) is 24.3 Å². The molecule has 2 atom stereocenters. The Bertz CT molecular complexity index is 352. The van der Waals surface area contributed by atoms with Crippen molar-refractivity contribution in [2.75, 3.05) is 6.61 Å². The van der Waals surface area contributed by atoms with Crippen molar-refractivity contribution in [3.05, 3.63) is 29.8 Å². The van der Waals surface area contributed by atoms with Gasteiger partial charge in [0.1, 0.15) is 5.75 Å². The third-order valence-corrected chi connectivity index (χ3v) is 2.95. The van der Waals surface area contributed by atoms with Gasteiger partial charge in [-0.2, -0.15) is 0 Å². The highest BCUT2D eigenvalue weighted by atomic mass is 16.5. The molecule has 3 N–H and O–H groups in total. The molecule has 0 bridgehead atoms. The van der Waals surface area contributed by atoms with Gasteiger partial charge in [-0.15, -0.1) is 0 Å². The van der Waals surface area contributed by atoms with Crippen LogP contribution in [-0.2, 0) is 4.74 Å². The zero-order valence-corrected chi connectivity index (χ0v) is 12.3. The van der Waals surface area contributed by atoms with Crippen molar-refractivity contribution in [1.82, 2.24) is 5.43 Å². The zero-order valence-electron chi connectivity index (χ0n) is 12.3. The molecule has 0 aromatic heterocycles. The zero-order chi connectivity index (χ0) is 14.3. The van der Waals surface area contributed by atoms with Gasteiger partial charge in [0.15, 0.2) is 0 Å². The molecular formula is C15H26N2O2. The lowest BCUT2D eigenvalue weighted by molar-refractivity contribution is 0.0314. The van der Waals surface area contributed by atoms with E-state index in [9.17, 15) is 0 Å².